The zero-order chi connectivity index (χ0) is 9.42. The summed E-state index contributed by atoms with van der Waals surface area (Å²) in [4.78, 5) is 1.84. The molecule has 13 heavy (non-hydrogen) atoms. The van der Waals surface area contributed by atoms with Gasteiger partial charge in [0, 0.05) is 17.6 Å². The number of guanidine groups is 1. The molecule has 1 heterocycles. The predicted octanol–water partition coefficient (Wildman–Crippen LogP) is 1.66. The summed E-state index contributed by atoms with van der Waals surface area (Å²) in [6.45, 7) is 1.50. The maximum atomic E-state index is 7.33. The first-order chi connectivity index (χ1) is 6.18. The van der Waals surface area contributed by atoms with Gasteiger partial charge in [-0.3, -0.25) is 5.41 Å². The minimum Gasteiger partial charge on any atom is -0.370 e. The lowest BCUT2D eigenvalue weighted by Crippen LogP contribution is -2.31. The second-order valence-corrected chi connectivity index (χ2v) is 3.97. The molecular weight excluding hydrogens is 230 g/mol. The molecule has 1 aliphatic rings. The molecule has 0 spiro atoms. The fourth-order valence-corrected chi connectivity index (χ4v) is 2.08. The third-order valence-electron chi connectivity index (χ3n) is 2.27. The molecule has 1 aromatic carbocycles. The van der Waals surface area contributed by atoms with Gasteiger partial charge in [-0.1, -0.05) is 28.1 Å². The Morgan fingerprint density at radius 1 is 1.46 bits per heavy atom. The van der Waals surface area contributed by atoms with Crippen LogP contribution in [0.3, 0.4) is 0 Å². The highest BCUT2D eigenvalue weighted by Crippen LogP contribution is 2.28. The largest absolute Gasteiger partial charge is 0.370 e. The second kappa shape index (κ2) is 3.03. The third-order valence-corrected chi connectivity index (χ3v) is 3.01. The van der Waals surface area contributed by atoms with E-state index in [0.717, 1.165) is 17.6 Å². The molecule has 4 heteroatoms. The van der Waals surface area contributed by atoms with E-state index in [2.05, 4.69) is 22.0 Å². The lowest BCUT2D eigenvalue weighted by Gasteiger charge is -2.13. The van der Waals surface area contributed by atoms with Gasteiger partial charge in [-0.2, -0.15) is 0 Å². The van der Waals surface area contributed by atoms with Gasteiger partial charge in [-0.15, -0.1) is 0 Å². The van der Waals surface area contributed by atoms with Crippen molar-refractivity contribution in [3.63, 3.8) is 0 Å². The number of hydrogen-bond donors (Lipinski definition) is 2. The maximum absolute atomic E-state index is 7.33. The van der Waals surface area contributed by atoms with Crippen molar-refractivity contribution in [3.05, 3.63) is 33.8 Å². The number of rotatable bonds is 0. The van der Waals surface area contributed by atoms with E-state index >= 15 is 0 Å². The quantitative estimate of drug-likeness (QED) is 0.535. The highest BCUT2D eigenvalue weighted by molar-refractivity contribution is 9.10. The van der Waals surface area contributed by atoms with Crippen LogP contribution in [0.25, 0.3) is 0 Å². The van der Waals surface area contributed by atoms with Gasteiger partial charge in [-0.25, -0.2) is 0 Å². The van der Waals surface area contributed by atoms with Crippen LogP contribution in [0.5, 0.6) is 0 Å². The van der Waals surface area contributed by atoms with Crippen molar-refractivity contribution in [3.8, 4) is 0 Å². The van der Waals surface area contributed by atoms with Gasteiger partial charge in [0.15, 0.2) is 5.96 Å². The standard InChI is InChI=1S/C9H10BrN3/c10-8-3-1-2-6-4-13(9(11)12)5-7(6)8/h1-3H,4-5H2,(H3,11,12). The Morgan fingerprint density at radius 2 is 2.23 bits per heavy atom. The van der Waals surface area contributed by atoms with E-state index in [1.807, 2.05) is 17.0 Å². The van der Waals surface area contributed by atoms with Crippen molar-refractivity contribution in [1.29, 1.82) is 5.41 Å². The zero-order valence-corrected chi connectivity index (χ0v) is 8.63. The molecule has 0 fully saturated rings. The van der Waals surface area contributed by atoms with Crippen LogP contribution in [0.4, 0.5) is 0 Å². The highest BCUT2D eigenvalue weighted by atomic mass is 79.9. The molecule has 2 rings (SSSR count). The fourth-order valence-electron chi connectivity index (χ4n) is 1.55. The van der Waals surface area contributed by atoms with E-state index in [1.54, 1.807) is 0 Å². The summed E-state index contributed by atoms with van der Waals surface area (Å²) < 4.78 is 1.11. The van der Waals surface area contributed by atoms with Crippen molar-refractivity contribution in [1.82, 2.24) is 4.90 Å². The molecule has 0 saturated heterocycles. The number of fused-ring (bicyclic) bond motifs is 1. The third kappa shape index (κ3) is 1.42. The second-order valence-electron chi connectivity index (χ2n) is 3.12. The first-order valence-electron chi connectivity index (χ1n) is 4.03. The lowest BCUT2D eigenvalue weighted by molar-refractivity contribution is 0.438. The Kier molecular flexibility index (Phi) is 2.00. The molecule has 3 nitrogen and oxygen atoms in total. The summed E-state index contributed by atoms with van der Waals surface area (Å²) in [6.07, 6.45) is 0. The van der Waals surface area contributed by atoms with E-state index in [-0.39, 0.29) is 5.96 Å². The molecule has 1 aliphatic heterocycles. The van der Waals surface area contributed by atoms with Crippen LogP contribution in [0, 0.1) is 5.41 Å². The van der Waals surface area contributed by atoms with Crippen molar-refractivity contribution in [2.45, 2.75) is 13.1 Å². The highest BCUT2D eigenvalue weighted by Gasteiger charge is 2.20. The van der Waals surface area contributed by atoms with Gasteiger partial charge in [0.1, 0.15) is 0 Å². The minimum absolute atomic E-state index is 0.142. The number of nitrogens with zero attached hydrogens (tertiary/aromatic N) is 1. The summed E-state index contributed by atoms with van der Waals surface area (Å²) in [5.41, 5.74) is 7.92. The fraction of sp³-hybridized carbons (Fsp3) is 0.222. The van der Waals surface area contributed by atoms with Crippen LogP contribution in [-0.4, -0.2) is 10.9 Å². The van der Waals surface area contributed by atoms with E-state index in [4.69, 9.17) is 11.1 Å². The van der Waals surface area contributed by atoms with E-state index in [1.165, 1.54) is 11.1 Å². The molecular formula is C9H10BrN3. The molecule has 1 aromatic rings. The number of nitrogens with two attached hydrogens (primary N) is 1. The summed E-state index contributed by atoms with van der Waals surface area (Å²) in [5, 5.41) is 7.33. The summed E-state index contributed by atoms with van der Waals surface area (Å²) in [5.74, 6) is 0.142. The van der Waals surface area contributed by atoms with Crippen LogP contribution >= 0.6 is 15.9 Å². The Labute approximate surface area is 85.2 Å². The summed E-state index contributed by atoms with van der Waals surface area (Å²) in [6, 6.07) is 6.10. The van der Waals surface area contributed by atoms with Crippen molar-refractivity contribution >= 4 is 21.9 Å². The maximum Gasteiger partial charge on any atom is 0.188 e. The van der Waals surface area contributed by atoms with Crippen LogP contribution < -0.4 is 5.73 Å². The van der Waals surface area contributed by atoms with Crippen molar-refractivity contribution < 1.29 is 0 Å². The molecule has 0 aromatic heterocycles. The molecule has 0 aliphatic carbocycles. The molecule has 0 unspecified atom stereocenters. The van der Waals surface area contributed by atoms with Gasteiger partial charge >= 0.3 is 0 Å². The van der Waals surface area contributed by atoms with E-state index in [0.29, 0.717) is 0 Å². The Balaban J connectivity index is 2.35. The molecule has 0 saturated carbocycles. The van der Waals surface area contributed by atoms with E-state index in [9.17, 15) is 0 Å². The van der Waals surface area contributed by atoms with Crippen LogP contribution in [-0.2, 0) is 13.1 Å². The number of nitrogens with one attached hydrogen (secondary N) is 1. The summed E-state index contributed by atoms with van der Waals surface area (Å²) >= 11 is 3.49. The van der Waals surface area contributed by atoms with Gasteiger partial charge in [0.2, 0.25) is 0 Å². The van der Waals surface area contributed by atoms with Gasteiger partial charge in [0.05, 0.1) is 0 Å². The first kappa shape index (κ1) is 8.56. The molecule has 3 N–H and O–H groups in total. The van der Waals surface area contributed by atoms with Crippen molar-refractivity contribution in [2.75, 3.05) is 0 Å². The smallest absolute Gasteiger partial charge is 0.188 e. The van der Waals surface area contributed by atoms with Crippen molar-refractivity contribution in [2.24, 2.45) is 5.73 Å². The average molecular weight is 240 g/mol. The minimum atomic E-state index is 0.142. The number of hydrogen-bond acceptors (Lipinski definition) is 1. The van der Waals surface area contributed by atoms with Gasteiger partial charge in [0.25, 0.3) is 0 Å². The molecule has 0 amide bonds. The SMILES string of the molecule is N=C(N)N1Cc2cccc(Br)c2C1. The van der Waals surface area contributed by atoms with Gasteiger partial charge in [-0.05, 0) is 17.2 Å². The summed E-state index contributed by atoms with van der Waals surface area (Å²) in [7, 11) is 0. The normalized spacial score (nSPS) is 14.4. The monoisotopic (exact) mass is 239 g/mol. The van der Waals surface area contributed by atoms with Crippen LogP contribution in [0.1, 0.15) is 11.1 Å². The first-order valence-corrected chi connectivity index (χ1v) is 4.83. The molecule has 0 radical (unpaired) electrons. The molecule has 0 atom stereocenters. The Hall–Kier alpha value is -1.03. The van der Waals surface area contributed by atoms with Gasteiger partial charge < -0.3 is 10.6 Å². The lowest BCUT2D eigenvalue weighted by atomic mass is 10.1. The van der Waals surface area contributed by atoms with Crippen LogP contribution in [0.15, 0.2) is 22.7 Å². The zero-order valence-electron chi connectivity index (χ0n) is 7.05. The predicted molar refractivity (Wildman–Crippen MR) is 55.3 cm³/mol. The average Bonchev–Trinajstić information content (AvgIpc) is 2.49. The molecule has 68 valence electrons. The molecule has 0 bridgehead atoms. The topological polar surface area (TPSA) is 53.1 Å². The van der Waals surface area contributed by atoms with Crippen LogP contribution in [0.2, 0.25) is 0 Å². The number of halogens is 1. The van der Waals surface area contributed by atoms with E-state index < -0.39 is 0 Å². The Bertz CT molecular complexity index is 362. The Morgan fingerprint density at radius 3 is 2.85 bits per heavy atom. The number of benzene rings is 1.